The van der Waals surface area contributed by atoms with E-state index < -0.39 is 11.5 Å². The summed E-state index contributed by atoms with van der Waals surface area (Å²) in [6.07, 6.45) is 9.04. The Hall–Kier alpha value is -1.36. The molecule has 22 heavy (non-hydrogen) atoms. The minimum atomic E-state index is -0.411. The molecule has 0 amide bonds. The van der Waals surface area contributed by atoms with Crippen molar-refractivity contribution in [3.05, 3.63) is 18.0 Å². The van der Waals surface area contributed by atoms with E-state index in [1.807, 2.05) is 6.07 Å². The van der Waals surface area contributed by atoms with Gasteiger partial charge >= 0.3 is 5.97 Å². The minimum Gasteiger partial charge on any atom is -0.465 e. The van der Waals surface area contributed by atoms with Crippen LogP contribution in [0.2, 0.25) is 0 Å². The van der Waals surface area contributed by atoms with Crippen LogP contribution in [0, 0.1) is 5.92 Å². The molecule has 5 nitrogen and oxygen atoms in total. The number of fused-ring (bicyclic) bond motifs is 3. The van der Waals surface area contributed by atoms with Crippen LogP contribution in [0.4, 0.5) is 0 Å². The number of unbranched alkanes of at least 4 members (excludes halogenated alkanes) is 2. The first-order chi connectivity index (χ1) is 10.7. The van der Waals surface area contributed by atoms with Gasteiger partial charge in [0.05, 0.1) is 24.5 Å². The van der Waals surface area contributed by atoms with E-state index in [2.05, 4.69) is 17.1 Å². The second kappa shape index (κ2) is 6.82. The van der Waals surface area contributed by atoms with Crippen molar-refractivity contribution in [2.75, 3.05) is 13.2 Å². The van der Waals surface area contributed by atoms with Crippen LogP contribution in [0.25, 0.3) is 0 Å². The van der Waals surface area contributed by atoms with Crippen molar-refractivity contribution < 1.29 is 14.3 Å². The quantitative estimate of drug-likeness (QED) is 0.620. The highest BCUT2D eigenvalue weighted by Crippen LogP contribution is 2.48. The molecule has 0 radical (unpaired) electrons. The minimum absolute atomic E-state index is 0.177. The standard InChI is InChI=1S/C17H26N2O3/c1-2-3-4-11-21-16(20)15(14-7-10-18-19-14)17-8-5-13(6-9-17)12-22-17/h7,10,13,15H,2-6,8-9,11-12H2,1H3,(H,18,19). The van der Waals surface area contributed by atoms with Gasteiger partial charge in [0.15, 0.2) is 0 Å². The van der Waals surface area contributed by atoms with Crippen LogP contribution in [-0.2, 0) is 14.3 Å². The van der Waals surface area contributed by atoms with Gasteiger partial charge < -0.3 is 9.47 Å². The van der Waals surface area contributed by atoms with Gasteiger partial charge in [-0.25, -0.2) is 0 Å². The van der Waals surface area contributed by atoms with Crippen LogP contribution in [0.1, 0.15) is 63.5 Å². The zero-order chi connectivity index (χ0) is 15.4. The molecule has 1 aliphatic carbocycles. The molecule has 1 N–H and O–H groups in total. The number of carbonyl (C=O) groups excluding carboxylic acids is 1. The van der Waals surface area contributed by atoms with Crippen molar-refractivity contribution in [1.29, 1.82) is 0 Å². The number of rotatable bonds is 7. The van der Waals surface area contributed by atoms with E-state index in [0.29, 0.717) is 12.5 Å². The van der Waals surface area contributed by atoms with Crippen molar-refractivity contribution in [1.82, 2.24) is 10.2 Å². The first kappa shape index (κ1) is 15.5. The fourth-order valence-corrected chi connectivity index (χ4v) is 3.78. The molecular formula is C17H26N2O3. The first-order valence-corrected chi connectivity index (χ1v) is 8.55. The summed E-state index contributed by atoms with van der Waals surface area (Å²) in [5.74, 6) is 0.0902. The smallest absolute Gasteiger partial charge is 0.318 e. The molecule has 5 heteroatoms. The SMILES string of the molecule is CCCCCOC(=O)C(c1cc[nH]n1)C12CCC(CC1)CO2. The van der Waals surface area contributed by atoms with E-state index in [1.165, 1.54) is 0 Å². The Labute approximate surface area is 131 Å². The fourth-order valence-electron chi connectivity index (χ4n) is 3.78. The Kier molecular flexibility index (Phi) is 4.81. The lowest BCUT2D eigenvalue weighted by atomic mass is 9.68. The largest absolute Gasteiger partial charge is 0.465 e. The second-order valence-electron chi connectivity index (χ2n) is 6.63. The molecule has 1 aromatic rings. The lowest BCUT2D eigenvalue weighted by molar-refractivity contribution is -0.181. The van der Waals surface area contributed by atoms with Crippen molar-refractivity contribution in [3.63, 3.8) is 0 Å². The maximum Gasteiger partial charge on any atom is 0.318 e. The van der Waals surface area contributed by atoms with Crippen LogP contribution in [0.15, 0.2) is 12.3 Å². The number of esters is 1. The third-order valence-corrected chi connectivity index (χ3v) is 5.13. The summed E-state index contributed by atoms with van der Waals surface area (Å²) >= 11 is 0. The molecule has 0 aromatic carbocycles. The van der Waals surface area contributed by atoms with Crippen molar-refractivity contribution >= 4 is 5.97 Å². The highest BCUT2D eigenvalue weighted by molar-refractivity contribution is 5.79. The average molecular weight is 306 g/mol. The molecule has 1 atom stereocenters. The molecule has 4 rings (SSSR count). The van der Waals surface area contributed by atoms with E-state index in [0.717, 1.165) is 57.2 Å². The number of hydrogen-bond donors (Lipinski definition) is 1. The van der Waals surface area contributed by atoms with Crippen molar-refractivity contribution in [3.8, 4) is 0 Å². The summed E-state index contributed by atoms with van der Waals surface area (Å²) in [4.78, 5) is 12.7. The molecule has 2 aliphatic heterocycles. The number of aromatic amines is 1. The Morgan fingerprint density at radius 2 is 2.32 bits per heavy atom. The number of nitrogens with zero attached hydrogens (tertiary/aromatic N) is 1. The van der Waals surface area contributed by atoms with Gasteiger partial charge in [-0.2, -0.15) is 5.10 Å². The van der Waals surface area contributed by atoms with Crippen LogP contribution in [-0.4, -0.2) is 35.0 Å². The van der Waals surface area contributed by atoms with E-state index in [4.69, 9.17) is 9.47 Å². The number of nitrogens with one attached hydrogen (secondary N) is 1. The molecule has 3 fully saturated rings. The third kappa shape index (κ3) is 3.05. The highest BCUT2D eigenvalue weighted by atomic mass is 16.5. The van der Waals surface area contributed by atoms with E-state index in [1.54, 1.807) is 6.20 Å². The van der Waals surface area contributed by atoms with Gasteiger partial charge in [0, 0.05) is 6.20 Å². The number of aromatic nitrogens is 2. The van der Waals surface area contributed by atoms with Gasteiger partial charge in [-0.1, -0.05) is 19.8 Å². The zero-order valence-electron chi connectivity index (χ0n) is 13.3. The molecule has 3 aliphatic rings. The molecule has 0 spiro atoms. The molecular weight excluding hydrogens is 280 g/mol. The van der Waals surface area contributed by atoms with Crippen LogP contribution in [0.3, 0.4) is 0 Å². The summed E-state index contributed by atoms with van der Waals surface area (Å²) in [5, 5.41) is 7.08. The molecule has 122 valence electrons. The van der Waals surface area contributed by atoms with Gasteiger partial charge in [0.25, 0.3) is 0 Å². The van der Waals surface area contributed by atoms with E-state index in [-0.39, 0.29) is 5.97 Å². The first-order valence-electron chi connectivity index (χ1n) is 8.55. The zero-order valence-corrected chi connectivity index (χ0v) is 13.3. The van der Waals surface area contributed by atoms with Gasteiger partial charge in [-0.15, -0.1) is 0 Å². The van der Waals surface area contributed by atoms with Gasteiger partial charge in [-0.05, 0) is 44.1 Å². The van der Waals surface area contributed by atoms with Crippen LogP contribution in [0.5, 0.6) is 0 Å². The third-order valence-electron chi connectivity index (χ3n) is 5.13. The molecule has 2 saturated heterocycles. The van der Waals surface area contributed by atoms with Crippen LogP contribution >= 0.6 is 0 Å². The maximum atomic E-state index is 12.7. The Morgan fingerprint density at radius 3 is 2.91 bits per heavy atom. The molecule has 1 saturated carbocycles. The molecule has 1 aromatic heterocycles. The lowest BCUT2D eigenvalue weighted by Gasteiger charge is -2.49. The summed E-state index contributed by atoms with van der Waals surface area (Å²) < 4.78 is 11.7. The summed E-state index contributed by atoms with van der Waals surface area (Å²) in [6.45, 7) is 3.40. The summed E-state index contributed by atoms with van der Waals surface area (Å²) in [6, 6.07) is 1.87. The Bertz CT molecular complexity index is 464. The van der Waals surface area contributed by atoms with Crippen LogP contribution < -0.4 is 0 Å². The average Bonchev–Trinajstić information content (AvgIpc) is 3.07. The maximum absolute atomic E-state index is 12.7. The number of H-pyrrole nitrogens is 1. The van der Waals surface area contributed by atoms with E-state index >= 15 is 0 Å². The Morgan fingerprint density at radius 1 is 1.50 bits per heavy atom. The summed E-state index contributed by atoms with van der Waals surface area (Å²) in [7, 11) is 0. The van der Waals surface area contributed by atoms with Gasteiger partial charge in [0.2, 0.25) is 0 Å². The monoisotopic (exact) mass is 306 g/mol. The van der Waals surface area contributed by atoms with Gasteiger partial charge in [-0.3, -0.25) is 9.89 Å². The predicted molar refractivity (Wildman–Crippen MR) is 82.5 cm³/mol. The predicted octanol–water partition coefficient (Wildman–Crippen LogP) is 3.19. The van der Waals surface area contributed by atoms with Crippen molar-refractivity contribution in [2.24, 2.45) is 5.92 Å². The van der Waals surface area contributed by atoms with Gasteiger partial charge in [0.1, 0.15) is 5.92 Å². The number of carbonyl (C=O) groups is 1. The lowest BCUT2D eigenvalue weighted by Crippen LogP contribution is -2.51. The van der Waals surface area contributed by atoms with E-state index in [9.17, 15) is 4.79 Å². The molecule has 3 heterocycles. The summed E-state index contributed by atoms with van der Waals surface area (Å²) in [5.41, 5.74) is 0.340. The number of hydrogen-bond acceptors (Lipinski definition) is 4. The highest BCUT2D eigenvalue weighted by Gasteiger charge is 2.52. The Balaban J connectivity index is 1.74. The topological polar surface area (TPSA) is 64.2 Å². The normalized spacial score (nSPS) is 28.5. The number of ether oxygens (including phenoxy) is 2. The fraction of sp³-hybridized carbons (Fsp3) is 0.765. The second-order valence-corrected chi connectivity index (χ2v) is 6.63. The van der Waals surface area contributed by atoms with Crippen molar-refractivity contribution in [2.45, 2.75) is 63.4 Å². The molecule has 2 bridgehead atoms. The molecule has 1 unspecified atom stereocenters.